The highest BCUT2D eigenvalue weighted by atomic mass is 16.5. The molecule has 0 aliphatic heterocycles. The molecule has 1 amide bonds. The van der Waals surface area contributed by atoms with Crippen LogP contribution in [0.2, 0.25) is 0 Å². The maximum atomic E-state index is 13.0. The van der Waals surface area contributed by atoms with Gasteiger partial charge < -0.3 is 19.6 Å². The van der Waals surface area contributed by atoms with Crippen LogP contribution >= 0.6 is 0 Å². The summed E-state index contributed by atoms with van der Waals surface area (Å²) in [5.41, 5.74) is 0.874. The summed E-state index contributed by atoms with van der Waals surface area (Å²) >= 11 is 0. The number of aromatic hydroxyl groups is 1. The van der Waals surface area contributed by atoms with Gasteiger partial charge in [-0.25, -0.2) is 0 Å². The van der Waals surface area contributed by atoms with Crippen molar-refractivity contribution in [2.24, 2.45) is 5.92 Å². The number of carbonyl (C=O) groups excluding carboxylic acids is 1. The topological polar surface area (TPSA) is 53.0 Å². The second kappa shape index (κ2) is 9.09. The molecule has 0 spiro atoms. The molecule has 0 unspecified atom stereocenters. The zero-order chi connectivity index (χ0) is 18.4. The summed E-state index contributed by atoms with van der Waals surface area (Å²) in [6, 6.07) is 5.49. The Bertz CT molecular complexity index is 566. The van der Waals surface area contributed by atoms with E-state index in [-0.39, 0.29) is 11.7 Å². The molecule has 1 fully saturated rings. The Balaban J connectivity index is 2.08. The number of rotatable bonds is 7. The molecule has 0 saturated heterocycles. The van der Waals surface area contributed by atoms with Gasteiger partial charge in [-0.2, -0.15) is 0 Å². The fourth-order valence-electron chi connectivity index (χ4n) is 3.48. The second-order valence-corrected chi connectivity index (χ2v) is 7.49. The van der Waals surface area contributed by atoms with Gasteiger partial charge in [0.25, 0.3) is 0 Å². The summed E-state index contributed by atoms with van der Waals surface area (Å²) in [4.78, 5) is 17.2. The summed E-state index contributed by atoms with van der Waals surface area (Å²) in [5, 5.41) is 9.73. The Morgan fingerprint density at radius 3 is 2.48 bits per heavy atom. The van der Waals surface area contributed by atoms with Crippen LogP contribution in [0.25, 0.3) is 0 Å². The lowest BCUT2D eigenvalue weighted by atomic mass is 9.86. The number of carbonyl (C=O) groups is 1. The Hall–Kier alpha value is -1.75. The van der Waals surface area contributed by atoms with Crippen LogP contribution in [0.15, 0.2) is 18.2 Å². The first-order chi connectivity index (χ1) is 11.9. The molecule has 1 saturated carbocycles. The number of ether oxygens (including phenoxy) is 1. The van der Waals surface area contributed by atoms with Crippen molar-refractivity contribution in [1.29, 1.82) is 0 Å². The summed E-state index contributed by atoms with van der Waals surface area (Å²) < 4.78 is 5.15. The predicted octanol–water partition coefficient (Wildman–Crippen LogP) is 2.91. The van der Waals surface area contributed by atoms with E-state index in [1.165, 1.54) is 20.0 Å². The minimum absolute atomic E-state index is 0.101. The van der Waals surface area contributed by atoms with Gasteiger partial charge in [-0.1, -0.05) is 13.0 Å². The van der Waals surface area contributed by atoms with Crippen LogP contribution < -0.4 is 4.74 Å². The first-order valence-corrected chi connectivity index (χ1v) is 9.20. The second-order valence-electron chi connectivity index (χ2n) is 7.49. The Kier molecular flexibility index (Phi) is 7.12. The van der Waals surface area contributed by atoms with Gasteiger partial charge in [0.2, 0.25) is 5.91 Å². The molecular formula is C20H32N2O3. The van der Waals surface area contributed by atoms with Gasteiger partial charge in [-0.05, 0) is 63.4 Å². The summed E-state index contributed by atoms with van der Waals surface area (Å²) in [6.45, 7) is 3.93. The van der Waals surface area contributed by atoms with Crippen molar-refractivity contribution in [2.45, 2.75) is 45.1 Å². The summed E-state index contributed by atoms with van der Waals surface area (Å²) in [5.74, 6) is 1.44. The van der Waals surface area contributed by atoms with Crippen LogP contribution in [-0.4, -0.2) is 61.2 Å². The molecule has 140 valence electrons. The van der Waals surface area contributed by atoms with Crippen LogP contribution in [-0.2, 0) is 11.2 Å². The highest BCUT2D eigenvalue weighted by Crippen LogP contribution is 2.29. The van der Waals surface area contributed by atoms with Gasteiger partial charge in [0.15, 0.2) is 11.5 Å². The summed E-state index contributed by atoms with van der Waals surface area (Å²) in [7, 11) is 5.60. The van der Waals surface area contributed by atoms with E-state index < -0.39 is 0 Å². The molecule has 2 rings (SSSR count). The highest BCUT2D eigenvalue weighted by Gasteiger charge is 2.27. The molecule has 1 aromatic carbocycles. The van der Waals surface area contributed by atoms with E-state index in [1.54, 1.807) is 18.2 Å². The third-order valence-electron chi connectivity index (χ3n) is 5.13. The largest absolute Gasteiger partial charge is 0.504 e. The lowest BCUT2D eigenvalue weighted by molar-refractivity contribution is -0.133. The Morgan fingerprint density at radius 2 is 1.88 bits per heavy atom. The molecule has 5 heteroatoms. The van der Waals surface area contributed by atoms with E-state index in [9.17, 15) is 9.90 Å². The van der Waals surface area contributed by atoms with Crippen molar-refractivity contribution < 1.29 is 14.6 Å². The number of hydrogen-bond acceptors (Lipinski definition) is 4. The average Bonchev–Trinajstić information content (AvgIpc) is 2.58. The molecule has 1 N–H and O–H groups in total. The maximum absolute atomic E-state index is 13.0. The third kappa shape index (κ3) is 5.63. The first kappa shape index (κ1) is 19.6. The first-order valence-electron chi connectivity index (χ1n) is 9.20. The van der Waals surface area contributed by atoms with E-state index in [1.807, 2.05) is 14.1 Å². The number of phenolic OH excluding ortho intramolecular Hbond substituents is 1. The van der Waals surface area contributed by atoms with Crippen LogP contribution in [0.3, 0.4) is 0 Å². The number of likely N-dealkylation sites (N-methyl/N-ethyl adjacent to an activating group) is 1. The maximum Gasteiger partial charge on any atom is 0.227 e. The predicted molar refractivity (Wildman–Crippen MR) is 100 cm³/mol. The molecule has 5 nitrogen and oxygen atoms in total. The van der Waals surface area contributed by atoms with Crippen molar-refractivity contribution in [3.8, 4) is 11.5 Å². The quantitative estimate of drug-likeness (QED) is 0.823. The number of methoxy groups -OCH3 is 1. The molecule has 0 bridgehead atoms. The zero-order valence-corrected chi connectivity index (χ0v) is 16.0. The van der Waals surface area contributed by atoms with Crippen molar-refractivity contribution in [1.82, 2.24) is 9.80 Å². The van der Waals surface area contributed by atoms with Gasteiger partial charge in [0.1, 0.15) is 0 Å². The molecule has 1 aliphatic carbocycles. The van der Waals surface area contributed by atoms with Gasteiger partial charge in [0.05, 0.1) is 13.5 Å². The zero-order valence-electron chi connectivity index (χ0n) is 16.0. The van der Waals surface area contributed by atoms with E-state index in [0.29, 0.717) is 18.2 Å². The normalized spacial score (nSPS) is 20.5. The van der Waals surface area contributed by atoms with Gasteiger partial charge >= 0.3 is 0 Å². The van der Waals surface area contributed by atoms with Crippen molar-refractivity contribution in [2.75, 3.05) is 34.3 Å². The van der Waals surface area contributed by atoms with Crippen molar-refractivity contribution in [3.63, 3.8) is 0 Å². The minimum Gasteiger partial charge on any atom is -0.504 e. The van der Waals surface area contributed by atoms with Gasteiger partial charge in [-0.3, -0.25) is 4.79 Å². The number of amides is 1. The molecule has 0 aromatic heterocycles. The standard InChI is InChI=1S/C20H32N2O3/c1-15-5-8-17(9-6-15)22(12-11-21(2)3)20(24)14-16-7-10-18(23)19(13-16)25-4/h7,10,13,15,17,23H,5-6,8-9,11-12,14H2,1-4H3. The minimum atomic E-state index is 0.101. The summed E-state index contributed by atoms with van der Waals surface area (Å²) in [6.07, 6.45) is 4.93. The SMILES string of the molecule is COc1cc(CC(=O)N(CCN(C)C)C2CCC(C)CC2)ccc1O. The van der Waals surface area contributed by atoms with Crippen LogP contribution in [0, 0.1) is 5.92 Å². The van der Waals surface area contributed by atoms with Crippen molar-refractivity contribution >= 4 is 5.91 Å². The van der Waals surface area contributed by atoms with Crippen LogP contribution in [0.4, 0.5) is 0 Å². The molecule has 25 heavy (non-hydrogen) atoms. The fraction of sp³-hybridized carbons (Fsp3) is 0.650. The van der Waals surface area contributed by atoms with Crippen LogP contribution in [0.5, 0.6) is 11.5 Å². The lowest BCUT2D eigenvalue weighted by Gasteiger charge is -2.37. The third-order valence-corrected chi connectivity index (χ3v) is 5.13. The number of benzene rings is 1. The van der Waals surface area contributed by atoms with Gasteiger partial charge in [-0.15, -0.1) is 0 Å². The number of hydrogen-bond donors (Lipinski definition) is 1. The Morgan fingerprint density at radius 1 is 1.20 bits per heavy atom. The monoisotopic (exact) mass is 348 g/mol. The fourth-order valence-corrected chi connectivity index (χ4v) is 3.48. The molecule has 0 radical (unpaired) electrons. The molecular weight excluding hydrogens is 316 g/mol. The van der Waals surface area contributed by atoms with Crippen molar-refractivity contribution in [3.05, 3.63) is 23.8 Å². The molecule has 0 heterocycles. The van der Waals surface area contributed by atoms with Crippen LogP contribution in [0.1, 0.15) is 38.2 Å². The molecule has 0 atom stereocenters. The van der Waals surface area contributed by atoms with E-state index in [4.69, 9.17) is 4.74 Å². The smallest absolute Gasteiger partial charge is 0.227 e. The van der Waals surface area contributed by atoms with Gasteiger partial charge in [0, 0.05) is 19.1 Å². The number of phenols is 1. The molecule has 1 aliphatic rings. The number of nitrogens with zero attached hydrogens (tertiary/aromatic N) is 2. The highest BCUT2D eigenvalue weighted by molar-refractivity contribution is 5.79. The van der Waals surface area contributed by atoms with E-state index >= 15 is 0 Å². The van der Waals surface area contributed by atoms with E-state index in [0.717, 1.165) is 37.4 Å². The van der Waals surface area contributed by atoms with E-state index in [2.05, 4.69) is 16.7 Å². The lowest BCUT2D eigenvalue weighted by Crippen LogP contribution is -2.46. The average molecular weight is 348 g/mol. The Labute approximate surface area is 151 Å². The molecule has 1 aromatic rings.